The van der Waals surface area contributed by atoms with Gasteiger partial charge >= 0.3 is 5.97 Å². The molecule has 0 spiro atoms. The minimum absolute atomic E-state index is 0.0924. The summed E-state index contributed by atoms with van der Waals surface area (Å²) < 4.78 is 0. The van der Waals surface area contributed by atoms with Crippen LogP contribution in [0.4, 0.5) is 0 Å². The Balaban J connectivity index is 2.62. The average Bonchev–Trinajstić information content (AvgIpc) is 2.38. The van der Waals surface area contributed by atoms with E-state index < -0.39 is 24.0 Å². The van der Waals surface area contributed by atoms with E-state index >= 15 is 0 Å². The number of carbonyl (C=O) groups is 3. The predicted octanol–water partition coefficient (Wildman–Crippen LogP) is 0.236. The van der Waals surface area contributed by atoms with Crippen LogP contribution in [0.5, 0.6) is 0 Å². The van der Waals surface area contributed by atoms with Crippen molar-refractivity contribution in [3.63, 3.8) is 0 Å². The van der Waals surface area contributed by atoms with E-state index in [4.69, 9.17) is 5.73 Å². The zero-order valence-electron chi connectivity index (χ0n) is 13.5. The highest BCUT2D eigenvalue weighted by Gasteiger charge is 2.31. The van der Waals surface area contributed by atoms with Crippen LogP contribution in [0, 0.1) is 11.3 Å². The first-order valence-corrected chi connectivity index (χ1v) is 7.66. The van der Waals surface area contributed by atoms with E-state index in [1.165, 1.54) is 0 Å². The fourth-order valence-electron chi connectivity index (χ4n) is 2.60. The van der Waals surface area contributed by atoms with Crippen molar-refractivity contribution in [2.24, 2.45) is 17.1 Å². The zero-order chi connectivity index (χ0) is 16.9. The predicted molar refractivity (Wildman–Crippen MR) is 82.0 cm³/mol. The number of carboxylic acids is 1. The number of rotatable bonds is 6. The maximum absolute atomic E-state index is 12.1. The lowest BCUT2D eigenvalue weighted by atomic mass is 9.87. The highest BCUT2D eigenvalue weighted by molar-refractivity contribution is 5.87. The van der Waals surface area contributed by atoms with Gasteiger partial charge in [0.1, 0.15) is 6.04 Å². The topological polar surface area (TPSA) is 122 Å². The third-order valence-corrected chi connectivity index (χ3v) is 3.70. The largest absolute Gasteiger partial charge is 0.480 e. The second-order valence-electron chi connectivity index (χ2n) is 7.14. The molecule has 3 atom stereocenters. The van der Waals surface area contributed by atoms with Crippen LogP contribution >= 0.6 is 0 Å². The molecule has 0 aliphatic carbocycles. The Bertz CT molecular complexity index is 431. The number of nitrogens with one attached hydrogen (secondary N) is 2. The molecule has 3 unspecified atom stereocenters. The Kier molecular flexibility index (Phi) is 6.34. The second-order valence-corrected chi connectivity index (χ2v) is 7.14. The van der Waals surface area contributed by atoms with Crippen LogP contribution in [0.1, 0.15) is 46.5 Å². The third-order valence-electron chi connectivity index (χ3n) is 3.70. The average molecular weight is 313 g/mol. The minimum Gasteiger partial charge on any atom is -0.480 e. The van der Waals surface area contributed by atoms with Crippen LogP contribution < -0.4 is 16.4 Å². The first kappa shape index (κ1) is 18.4. The summed E-state index contributed by atoms with van der Waals surface area (Å²) >= 11 is 0. The molecule has 0 radical (unpaired) electrons. The van der Waals surface area contributed by atoms with Gasteiger partial charge in [0.2, 0.25) is 11.8 Å². The van der Waals surface area contributed by atoms with Gasteiger partial charge in [-0.1, -0.05) is 20.8 Å². The van der Waals surface area contributed by atoms with Crippen molar-refractivity contribution in [1.82, 2.24) is 10.6 Å². The van der Waals surface area contributed by atoms with Gasteiger partial charge in [0.25, 0.3) is 0 Å². The molecule has 0 aromatic heterocycles. The lowest BCUT2D eigenvalue weighted by molar-refractivity contribution is -0.143. The summed E-state index contributed by atoms with van der Waals surface area (Å²) in [7, 11) is 0. The lowest BCUT2D eigenvalue weighted by Crippen LogP contribution is -2.51. The smallest absolute Gasteiger partial charge is 0.326 e. The molecule has 1 aliphatic rings. The number of piperidine rings is 1. The van der Waals surface area contributed by atoms with E-state index in [0.717, 1.165) is 6.42 Å². The van der Waals surface area contributed by atoms with Gasteiger partial charge in [0, 0.05) is 12.5 Å². The summed E-state index contributed by atoms with van der Waals surface area (Å²) in [6.07, 6.45) is 2.00. The van der Waals surface area contributed by atoms with Gasteiger partial charge < -0.3 is 21.5 Å². The molecule has 1 fully saturated rings. The summed E-state index contributed by atoms with van der Waals surface area (Å²) in [5.74, 6) is -2.16. The summed E-state index contributed by atoms with van der Waals surface area (Å²) in [4.78, 5) is 35.1. The Hall–Kier alpha value is -1.63. The quantitative estimate of drug-likeness (QED) is 0.559. The lowest BCUT2D eigenvalue weighted by Gasteiger charge is -2.27. The van der Waals surface area contributed by atoms with E-state index in [9.17, 15) is 19.5 Å². The maximum atomic E-state index is 12.1. The number of nitrogens with two attached hydrogens (primary N) is 1. The molecule has 0 saturated carbocycles. The number of aliphatic carboxylic acids is 1. The number of hydrogen-bond acceptors (Lipinski definition) is 4. The Morgan fingerprint density at radius 2 is 2.09 bits per heavy atom. The molecule has 0 bridgehead atoms. The molecule has 0 aromatic rings. The molecule has 1 rings (SSSR count). The van der Waals surface area contributed by atoms with E-state index in [-0.39, 0.29) is 23.7 Å². The molecule has 126 valence electrons. The van der Waals surface area contributed by atoms with Gasteiger partial charge in [0.15, 0.2) is 0 Å². The van der Waals surface area contributed by atoms with Crippen molar-refractivity contribution in [2.75, 3.05) is 6.54 Å². The summed E-state index contributed by atoms with van der Waals surface area (Å²) in [5, 5.41) is 14.4. The van der Waals surface area contributed by atoms with Crippen molar-refractivity contribution in [3.8, 4) is 0 Å². The third kappa shape index (κ3) is 6.01. The molecule has 1 aliphatic heterocycles. The van der Waals surface area contributed by atoms with Crippen LogP contribution in [0.3, 0.4) is 0 Å². The van der Waals surface area contributed by atoms with E-state index in [1.54, 1.807) is 0 Å². The number of carbonyl (C=O) groups excluding carboxylic acids is 2. The molecule has 1 heterocycles. The van der Waals surface area contributed by atoms with Gasteiger partial charge in [-0.25, -0.2) is 4.79 Å². The van der Waals surface area contributed by atoms with Gasteiger partial charge in [0.05, 0.1) is 6.04 Å². The summed E-state index contributed by atoms with van der Waals surface area (Å²) in [6, 6.07) is -1.85. The number of carboxylic acid groups (broad SMARTS) is 1. The number of amides is 2. The van der Waals surface area contributed by atoms with Crippen molar-refractivity contribution in [2.45, 2.75) is 58.5 Å². The van der Waals surface area contributed by atoms with E-state index in [2.05, 4.69) is 10.6 Å². The van der Waals surface area contributed by atoms with Crippen LogP contribution in [-0.2, 0) is 14.4 Å². The first-order valence-electron chi connectivity index (χ1n) is 7.66. The molecular weight excluding hydrogens is 286 g/mol. The Labute approximate surface area is 131 Å². The van der Waals surface area contributed by atoms with Crippen LogP contribution in [0.2, 0.25) is 0 Å². The second kappa shape index (κ2) is 7.58. The summed E-state index contributed by atoms with van der Waals surface area (Å²) in [6.45, 7) is 6.50. The van der Waals surface area contributed by atoms with Gasteiger partial charge in [-0.15, -0.1) is 0 Å². The molecule has 5 N–H and O–H groups in total. The summed E-state index contributed by atoms with van der Waals surface area (Å²) in [5.41, 5.74) is 5.70. The van der Waals surface area contributed by atoms with Crippen molar-refractivity contribution < 1.29 is 19.5 Å². The normalized spacial score (nSPS) is 21.6. The van der Waals surface area contributed by atoms with Gasteiger partial charge in [-0.2, -0.15) is 0 Å². The Morgan fingerprint density at radius 3 is 2.59 bits per heavy atom. The molecule has 2 amide bonds. The monoisotopic (exact) mass is 313 g/mol. The SMILES string of the molecule is CC(C)(C)CC(N)C(=O)NC(CC1CCCNC1=O)C(=O)O. The highest BCUT2D eigenvalue weighted by atomic mass is 16.4. The van der Waals surface area contributed by atoms with Crippen molar-refractivity contribution in [3.05, 3.63) is 0 Å². The molecule has 7 nitrogen and oxygen atoms in total. The minimum atomic E-state index is -1.14. The van der Waals surface area contributed by atoms with E-state index in [1.807, 2.05) is 20.8 Å². The van der Waals surface area contributed by atoms with E-state index in [0.29, 0.717) is 19.4 Å². The fraction of sp³-hybridized carbons (Fsp3) is 0.800. The van der Waals surface area contributed by atoms with Crippen molar-refractivity contribution in [1.29, 1.82) is 0 Å². The highest BCUT2D eigenvalue weighted by Crippen LogP contribution is 2.21. The maximum Gasteiger partial charge on any atom is 0.326 e. The first-order chi connectivity index (χ1) is 10.1. The molecule has 7 heteroatoms. The van der Waals surface area contributed by atoms with Crippen LogP contribution in [0.15, 0.2) is 0 Å². The molecule has 1 saturated heterocycles. The van der Waals surface area contributed by atoms with Gasteiger partial charge in [-0.3, -0.25) is 9.59 Å². The Morgan fingerprint density at radius 1 is 1.45 bits per heavy atom. The number of hydrogen-bond donors (Lipinski definition) is 4. The van der Waals surface area contributed by atoms with Crippen LogP contribution in [0.25, 0.3) is 0 Å². The standard InChI is InChI=1S/C15H27N3O4/c1-15(2,3)8-10(16)13(20)18-11(14(21)22)7-9-5-4-6-17-12(9)19/h9-11H,4-8,16H2,1-3H3,(H,17,19)(H,18,20)(H,21,22). The van der Waals surface area contributed by atoms with Gasteiger partial charge in [-0.05, 0) is 31.1 Å². The molecular formula is C15H27N3O4. The zero-order valence-corrected chi connectivity index (χ0v) is 13.5. The van der Waals surface area contributed by atoms with Crippen LogP contribution in [-0.4, -0.2) is 41.5 Å². The molecule has 22 heavy (non-hydrogen) atoms. The fourth-order valence-corrected chi connectivity index (χ4v) is 2.60. The van der Waals surface area contributed by atoms with Crippen molar-refractivity contribution >= 4 is 17.8 Å². The molecule has 0 aromatic carbocycles.